The van der Waals surface area contributed by atoms with Crippen molar-refractivity contribution in [3.63, 3.8) is 0 Å². The van der Waals surface area contributed by atoms with Crippen molar-refractivity contribution in [3.05, 3.63) is 46.7 Å². The lowest BCUT2D eigenvalue weighted by atomic mass is 10.2. The summed E-state index contributed by atoms with van der Waals surface area (Å²) in [5.74, 6) is -0.280. The highest BCUT2D eigenvalue weighted by atomic mass is 32.1. The topological polar surface area (TPSA) is 75.4 Å². The molecule has 0 spiro atoms. The smallest absolute Gasteiger partial charge is 0.329 e. The van der Waals surface area contributed by atoms with Crippen molar-refractivity contribution in [3.8, 4) is 0 Å². The molecule has 1 unspecified atom stereocenters. The Balaban J connectivity index is 1.96. The summed E-state index contributed by atoms with van der Waals surface area (Å²) in [6.45, 7) is 0. The number of nitrogens with one attached hydrogen (secondary N) is 1. The molecule has 5 nitrogen and oxygen atoms in total. The van der Waals surface area contributed by atoms with Crippen LogP contribution < -0.4 is 16.0 Å². The predicted molar refractivity (Wildman–Crippen MR) is 73.9 cm³/mol. The van der Waals surface area contributed by atoms with Gasteiger partial charge >= 0.3 is 6.03 Å². The maximum atomic E-state index is 12.3. The number of hydrogen-bond acceptors (Lipinski definition) is 4. The monoisotopic (exact) mass is 273 g/mol. The van der Waals surface area contributed by atoms with E-state index in [-0.39, 0.29) is 5.91 Å². The lowest BCUT2D eigenvalue weighted by Gasteiger charge is -2.13. The third kappa shape index (κ3) is 1.96. The third-order valence-electron chi connectivity index (χ3n) is 2.89. The Morgan fingerprint density at radius 3 is 2.74 bits per heavy atom. The van der Waals surface area contributed by atoms with E-state index < -0.39 is 12.1 Å². The van der Waals surface area contributed by atoms with Crippen LogP contribution in [0.1, 0.15) is 10.9 Å². The van der Waals surface area contributed by atoms with Gasteiger partial charge in [0.1, 0.15) is 6.04 Å². The number of urea groups is 1. The molecule has 2 aromatic rings. The molecule has 0 saturated carbocycles. The zero-order valence-corrected chi connectivity index (χ0v) is 10.7. The summed E-state index contributed by atoms with van der Waals surface area (Å²) in [5, 5.41) is 4.55. The van der Waals surface area contributed by atoms with Crippen LogP contribution in [0.4, 0.5) is 16.2 Å². The number of thiophene rings is 1. The van der Waals surface area contributed by atoms with E-state index >= 15 is 0 Å². The van der Waals surface area contributed by atoms with Crippen molar-refractivity contribution in [1.82, 2.24) is 5.32 Å². The van der Waals surface area contributed by atoms with Crippen LogP contribution in [0.25, 0.3) is 0 Å². The van der Waals surface area contributed by atoms with Crippen molar-refractivity contribution in [2.24, 2.45) is 0 Å². The normalized spacial score (nSPS) is 18.7. The van der Waals surface area contributed by atoms with Crippen molar-refractivity contribution in [1.29, 1.82) is 0 Å². The van der Waals surface area contributed by atoms with Gasteiger partial charge in [-0.15, -0.1) is 11.3 Å². The minimum atomic E-state index is -0.603. The molecule has 1 aliphatic heterocycles. The van der Waals surface area contributed by atoms with E-state index in [4.69, 9.17) is 5.73 Å². The van der Waals surface area contributed by atoms with Gasteiger partial charge in [-0.3, -0.25) is 4.79 Å². The van der Waals surface area contributed by atoms with Crippen molar-refractivity contribution in [2.75, 3.05) is 10.6 Å². The van der Waals surface area contributed by atoms with E-state index in [0.29, 0.717) is 11.4 Å². The first-order valence-electron chi connectivity index (χ1n) is 5.70. The maximum Gasteiger partial charge on any atom is 0.329 e. The van der Waals surface area contributed by atoms with E-state index in [0.717, 1.165) is 9.78 Å². The fraction of sp³-hybridized carbons (Fsp3) is 0.0769. The summed E-state index contributed by atoms with van der Waals surface area (Å²) < 4.78 is 0. The molecule has 19 heavy (non-hydrogen) atoms. The number of carbonyl (C=O) groups excluding carboxylic acids is 2. The number of anilines is 2. The van der Waals surface area contributed by atoms with Gasteiger partial charge in [-0.25, -0.2) is 9.69 Å². The summed E-state index contributed by atoms with van der Waals surface area (Å²) >= 11 is 1.44. The first-order valence-corrected chi connectivity index (χ1v) is 6.58. The Morgan fingerprint density at radius 1 is 1.21 bits per heavy atom. The van der Waals surface area contributed by atoms with Crippen LogP contribution in [0.3, 0.4) is 0 Å². The minimum Gasteiger partial charge on any atom is -0.399 e. The Hall–Kier alpha value is -2.34. The summed E-state index contributed by atoms with van der Waals surface area (Å²) in [6.07, 6.45) is 0. The van der Waals surface area contributed by atoms with Crippen LogP contribution >= 0.6 is 11.3 Å². The first kappa shape index (κ1) is 11.7. The SMILES string of the molecule is Nc1cccc(N2C(=O)NC(c3cccs3)C2=O)c1. The lowest BCUT2D eigenvalue weighted by Crippen LogP contribution is -2.30. The van der Waals surface area contributed by atoms with Crippen LogP contribution in [0.2, 0.25) is 0 Å². The molecule has 1 fully saturated rings. The van der Waals surface area contributed by atoms with Crippen LogP contribution in [0.15, 0.2) is 41.8 Å². The molecule has 1 saturated heterocycles. The number of nitrogens with zero attached hydrogens (tertiary/aromatic N) is 1. The summed E-state index contributed by atoms with van der Waals surface area (Å²) in [5.41, 5.74) is 6.68. The standard InChI is InChI=1S/C13H11N3O2S/c14-8-3-1-4-9(7-8)16-12(17)11(15-13(16)18)10-5-2-6-19-10/h1-7,11H,14H2,(H,15,18). The second kappa shape index (κ2) is 4.40. The number of rotatable bonds is 2. The fourth-order valence-corrected chi connectivity index (χ4v) is 2.80. The average molecular weight is 273 g/mol. The van der Waals surface area contributed by atoms with Crippen molar-refractivity contribution in [2.45, 2.75) is 6.04 Å². The Morgan fingerprint density at radius 2 is 2.05 bits per heavy atom. The second-order valence-corrected chi connectivity index (χ2v) is 5.15. The van der Waals surface area contributed by atoms with Crippen molar-refractivity contribution >= 4 is 34.6 Å². The van der Waals surface area contributed by atoms with E-state index in [1.165, 1.54) is 11.3 Å². The largest absolute Gasteiger partial charge is 0.399 e. The van der Waals surface area contributed by atoms with Gasteiger partial charge in [0.2, 0.25) is 0 Å². The number of nitrogen functional groups attached to an aromatic ring is 1. The van der Waals surface area contributed by atoms with Gasteiger partial charge in [0.15, 0.2) is 0 Å². The van der Waals surface area contributed by atoms with Crippen LogP contribution in [0, 0.1) is 0 Å². The van der Waals surface area contributed by atoms with Gasteiger partial charge in [-0.1, -0.05) is 12.1 Å². The van der Waals surface area contributed by atoms with Crippen molar-refractivity contribution < 1.29 is 9.59 Å². The van der Waals surface area contributed by atoms with Gasteiger partial charge in [0.05, 0.1) is 5.69 Å². The van der Waals surface area contributed by atoms with E-state index in [1.807, 2.05) is 17.5 Å². The fourth-order valence-electron chi connectivity index (χ4n) is 2.04. The molecule has 1 atom stereocenters. The lowest BCUT2D eigenvalue weighted by molar-refractivity contribution is -0.118. The maximum absolute atomic E-state index is 12.3. The molecule has 3 N–H and O–H groups in total. The Kier molecular flexibility index (Phi) is 2.72. The van der Waals surface area contributed by atoms with E-state index in [2.05, 4.69) is 5.32 Å². The third-order valence-corrected chi connectivity index (χ3v) is 3.83. The molecule has 1 aliphatic rings. The first-order chi connectivity index (χ1) is 9.16. The zero-order valence-electron chi connectivity index (χ0n) is 9.87. The molecule has 2 heterocycles. The molecular weight excluding hydrogens is 262 g/mol. The number of carbonyl (C=O) groups is 2. The molecule has 1 aromatic heterocycles. The average Bonchev–Trinajstić information content (AvgIpc) is 2.97. The summed E-state index contributed by atoms with van der Waals surface area (Å²) in [6, 6.07) is 9.36. The highest BCUT2D eigenvalue weighted by Crippen LogP contribution is 2.29. The molecule has 0 radical (unpaired) electrons. The second-order valence-electron chi connectivity index (χ2n) is 4.17. The Labute approximate surface area is 113 Å². The van der Waals surface area contributed by atoms with Crippen LogP contribution in [-0.4, -0.2) is 11.9 Å². The minimum absolute atomic E-state index is 0.280. The van der Waals surface area contributed by atoms with Gasteiger partial charge in [-0.05, 0) is 29.6 Å². The molecule has 1 aromatic carbocycles. The zero-order chi connectivity index (χ0) is 13.4. The molecule has 0 aliphatic carbocycles. The highest BCUT2D eigenvalue weighted by Gasteiger charge is 2.40. The van der Waals surface area contributed by atoms with Gasteiger partial charge < -0.3 is 11.1 Å². The highest BCUT2D eigenvalue weighted by molar-refractivity contribution is 7.10. The number of hydrogen-bond donors (Lipinski definition) is 2. The molecule has 3 rings (SSSR count). The molecule has 96 valence electrons. The summed E-state index contributed by atoms with van der Waals surface area (Å²) in [4.78, 5) is 26.2. The molecular formula is C13H11N3O2S. The number of imide groups is 1. The number of nitrogens with two attached hydrogens (primary N) is 1. The van der Waals surface area contributed by atoms with E-state index in [9.17, 15) is 9.59 Å². The van der Waals surface area contributed by atoms with Gasteiger partial charge in [0.25, 0.3) is 5.91 Å². The van der Waals surface area contributed by atoms with Gasteiger partial charge in [0, 0.05) is 10.6 Å². The summed E-state index contributed by atoms with van der Waals surface area (Å²) in [7, 11) is 0. The molecule has 0 bridgehead atoms. The molecule has 6 heteroatoms. The quantitative estimate of drug-likeness (QED) is 0.650. The molecule has 3 amide bonds. The number of benzene rings is 1. The van der Waals surface area contributed by atoms with Crippen LogP contribution in [-0.2, 0) is 4.79 Å². The van der Waals surface area contributed by atoms with E-state index in [1.54, 1.807) is 24.3 Å². The predicted octanol–water partition coefficient (Wildman–Crippen LogP) is 2.13. The Bertz CT molecular complexity index is 639. The van der Waals surface area contributed by atoms with Crippen LogP contribution in [0.5, 0.6) is 0 Å². The number of amides is 3. The van der Waals surface area contributed by atoms with Gasteiger partial charge in [-0.2, -0.15) is 0 Å².